The monoisotopic (exact) mass is 184 g/mol. The minimum Gasteiger partial charge on any atom is -0.507 e. The highest BCUT2D eigenvalue weighted by molar-refractivity contribution is 7.27. The van der Waals surface area contributed by atoms with E-state index < -0.39 is 0 Å². The van der Waals surface area contributed by atoms with Crippen LogP contribution in [-0.2, 0) is 0 Å². The average Bonchev–Trinajstić information content (AvgIpc) is 2.08. The molecule has 0 aliphatic rings. The van der Waals surface area contributed by atoms with Crippen molar-refractivity contribution in [2.24, 2.45) is 0 Å². The molecule has 0 fully saturated rings. The predicted octanol–water partition coefficient (Wildman–Crippen LogP) is 0.714. The lowest BCUT2D eigenvalue weighted by Gasteiger charge is -2.05. The number of methoxy groups -OCH3 is 1. The van der Waals surface area contributed by atoms with Gasteiger partial charge < -0.3 is 9.84 Å². The molecule has 1 rings (SSSR count). The molecule has 12 heavy (non-hydrogen) atoms. The molecular weight excluding hydrogens is 175 g/mol. The molecule has 1 aromatic rings. The molecule has 0 saturated heterocycles. The van der Waals surface area contributed by atoms with Crippen LogP contribution in [-0.4, -0.2) is 18.5 Å². The summed E-state index contributed by atoms with van der Waals surface area (Å²) in [5.41, 5.74) is 0.265. The smallest absolute Gasteiger partial charge is 0.153 e. The van der Waals surface area contributed by atoms with Crippen molar-refractivity contribution in [1.29, 1.82) is 0 Å². The van der Waals surface area contributed by atoms with E-state index in [-0.39, 0.29) is 11.3 Å². The summed E-state index contributed by atoms with van der Waals surface area (Å²) in [6, 6.07) is 2.96. The van der Waals surface area contributed by atoms with Gasteiger partial charge in [-0.3, -0.25) is 4.79 Å². The van der Waals surface area contributed by atoms with Crippen molar-refractivity contribution in [3.05, 3.63) is 17.7 Å². The van der Waals surface area contributed by atoms with E-state index in [0.29, 0.717) is 12.0 Å². The largest absolute Gasteiger partial charge is 0.507 e. The standard InChI is InChI=1S/C8H9O3P/c1-11-7-3-6(10)5(4-9)2-8(7)12/h2-4,10H,12H2,1H3. The van der Waals surface area contributed by atoms with Crippen molar-refractivity contribution < 1.29 is 14.6 Å². The van der Waals surface area contributed by atoms with E-state index in [1.54, 1.807) is 6.07 Å². The second kappa shape index (κ2) is 3.55. The number of hydrogen-bond acceptors (Lipinski definition) is 3. The van der Waals surface area contributed by atoms with Crippen molar-refractivity contribution in [3.8, 4) is 11.5 Å². The molecule has 0 aromatic heterocycles. The van der Waals surface area contributed by atoms with E-state index in [9.17, 15) is 9.90 Å². The van der Waals surface area contributed by atoms with Crippen LogP contribution >= 0.6 is 9.24 Å². The predicted molar refractivity (Wildman–Crippen MR) is 49.4 cm³/mol. The molecule has 1 N–H and O–H groups in total. The summed E-state index contributed by atoms with van der Waals surface area (Å²) in [6.07, 6.45) is 0.600. The van der Waals surface area contributed by atoms with Crippen LogP contribution in [0.5, 0.6) is 11.5 Å². The topological polar surface area (TPSA) is 46.5 Å². The summed E-state index contributed by atoms with van der Waals surface area (Å²) < 4.78 is 4.93. The second-order valence-electron chi connectivity index (χ2n) is 2.27. The molecule has 1 unspecified atom stereocenters. The summed E-state index contributed by atoms with van der Waals surface area (Å²) in [5.74, 6) is 0.483. The summed E-state index contributed by atoms with van der Waals surface area (Å²) in [6.45, 7) is 0. The van der Waals surface area contributed by atoms with Gasteiger partial charge in [0.15, 0.2) is 6.29 Å². The molecule has 3 nitrogen and oxygen atoms in total. The summed E-state index contributed by atoms with van der Waals surface area (Å²) in [5, 5.41) is 9.97. The maximum absolute atomic E-state index is 10.4. The van der Waals surface area contributed by atoms with Crippen LogP contribution in [0, 0.1) is 0 Å². The lowest BCUT2D eigenvalue weighted by Crippen LogP contribution is -2.00. The number of hydrogen-bond donors (Lipinski definition) is 1. The van der Waals surface area contributed by atoms with Crippen molar-refractivity contribution in [3.63, 3.8) is 0 Å². The average molecular weight is 184 g/mol. The highest BCUT2D eigenvalue weighted by Gasteiger charge is 2.05. The lowest BCUT2D eigenvalue weighted by atomic mass is 10.2. The minimum absolute atomic E-state index is 0.0620. The van der Waals surface area contributed by atoms with Crippen LogP contribution in [0.4, 0.5) is 0 Å². The molecule has 0 heterocycles. The molecule has 0 spiro atoms. The quantitative estimate of drug-likeness (QED) is 0.544. The van der Waals surface area contributed by atoms with Crippen LogP contribution in [0.1, 0.15) is 10.4 Å². The Morgan fingerprint density at radius 2 is 2.25 bits per heavy atom. The fourth-order valence-electron chi connectivity index (χ4n) is 0.875. The highest BCUT2D eigenvalue weighted by atomic mass is 31.0. The van der Waals surface area contributed by atoms with Crippen LogP contribution in [0.3, 0.4) is 0 Å². The summed E-state index contributed by atoms with van der Waals surface area (Å²) in [7, 11) is 3.93. The van der Waals surface area contributed by atoms with Gasteiger partial charge in [-0.2, -0.15) is 0 Å². The van der Waals surface area contributed by atoms with E-state index in [1.165, 1.54) is 13.2 Å². The molecule has 0 saturated carbocycles. The third-order valence-corrected chi connectivity index (χ3v) is 1.96. The highest BCUT2D eigenvalue weighted by Crippen LogP contribution is 2.21. The zero-order valence-corrected chi connectivity index (χ0v) is 7.73. The molecular formula is C8H9O3P. The Kier molecular flexibility index (Phi) is 2.66. The van der Waals surface area contributed by atoms with E-state index in [4.69, 9.17) is 4.74 Å². The first-order valence-electron chi connectivity index (χ1n) is 3.30. The molecule has 64 valence electrons. The van der Waals surface area contributed by atoms with Crippen molar-refractivity contribution >= 4 is 20.8 Å². The van der Waals surface area contributed by atoms with Gasteiger partial charge in [0.1, 0.15) is 11.5 Å². The summed E-state index contributed by atoms with van der Waals surface area (Å²) >= 11 is 0. The third-order valence-electron chi connectivity index (χ3n) is 1.51. The zero-order valence-electron chi connectivity index (χ0n) is 6.57. The van der Waals surface area contributed by atoms with Crippen molar-refractivity contribution in [2.45, 2.75) is 0 Å². The van der Waals surface area contributed by atoms with E-state index in [1.807, 2.05) is 0 Å². The third kappa shape index (κ3) is 1.56. The Hall–Kier alpha value is -1.08. The van der Waals surface area contributed by atoms with E-state index in [0.717, 1.165) is 5.30 Å². The van der Waals surface area contributed by atoms with Crippen LogP contribution in [0.25, 0.3) is 0 Å². The molecule has 4 heteroatoms. The number of ether oxygens (including phenoxy) is 1. The number of aromatic hydroxyl groups is 1. The van der Waals surface area contributed by atoms with Gasteiger partial charge >= 0.3 is 0 Å². The number of rotatable bonds is 2. The molecule has 1 atom stereocenters. The first-order valence-corrected chi connectivity index (χ1v) is 3.88. The number of carbonyl (C=O) groups is 1. The number of carbonyl (C=O) groups excluding carboxylic acids is 1. The van der Waals surface area contributed by atoms with Crippen molar-refractivity contribution in [1.82, 2.24) is 0 Å². The SMILES string of the molecule is COc1cc(O)c(C=O)cc1P. The first kappa shape index (κ1) is 9.01. The van der Waals surface area contributed by atoms with Gasteiger partial charge in [-0.05, 0) is 6.07 Å². The lowest BCUT2D eigenvalue weighted by molar-refractivity contribution is 0.112. The van der Waals surface area contributed by atoms with Gasteiger partial charge in [0, 0.05) is 11.4 Å². The fraction of sp³-hybridized carbons (Fsp3) is 0.125. The first-order chi connectivity index (χ1) is 5.69. The van der Waals surface area contributed by atoms with Crippen LogP contribution in [0.15, 0.2) is 12.1 Å². The van der Waals surface area contributed by atoms with Gasteiger partial charge in [0.25, 0.3) is 0 Å². The Morgan fingerprint density at radius 1 is 1.58 bits per heavy atom. The van der Waals surface area contributed by atoms with Crippen molar-refractivity contribution in [2.75, 3.05) is 7.11 Å². The summed E-state index contributed by atoms with van der Waals surface area (Å²) in [4.78, 5) is 10.4. The van der Waals surface area contributed by atoms with Crippen LogP contribution < -0.4 is 10.0 Å². The second-order valence-corrected chi connectivity index (χ2v) is 2.89. The Bertz CT molecular complexity index is 309. The Morgan fingerprint density at radius 3 is 2.75 bits per heavy atom. The van der Waals surface area contributed by atoms with Crippen LogP contribution in [0.2, 0.25) is 0 Å². The maximum Gasteiger partial charge on any atom is 0.153 e. The van der Waals surface area contributed by atoms with Gasteiger partial charge in [-0.1, -0.05) is 0 Å². The normalized spacial score (nSPS) is 9.50. The van der Waals surface area contributed by atoms with Gasteiger partial charge in [0.05, 0.1) is 12.7 Å². The van der Waals surface area contributed by atoms with Gasteiger partial charge in [-0.25, -0.2) is 0 Å². The molecule has 0 amide bonds. The Balaban J connectivity index is 3.25. The maximum atomic E-state index is 10.4. The number of benzene rings is 1. The van der Waals surface area contributed by atoms with Gasteiger partial charge in [-0.15, -0.1) is 9.24 Å². The molecule has 1 aromatic carbocycles. The zero-order chi connectivity index (χ0) is 9.14. The number of aldehydes is 1. The van der Waals surface area contributed by atoms with Gasteiger partial charge in [0.2, 0.25) is 0 Å². The van der Waals surface area contributed by atoms with E-state index in [2.05, 4.69) is 9.24 Å². The Labute approximate surface area is 72.6 Å². The molecule has 0 aliphatic heterocycles. The molecule has 0 radical (unpaired) electrons. The number of phenolic OH excluding ortho intramolecular Hbond substituents is 1. The molecule has 0 bridgehead atoms. The molecule has 0 aliphatic carbocycles. The van der Waals surface area contributed by atoms with E-state index >= 15 is 0 Å². The number of phenols is 1. The fourth-order valence-corrected chi connectivity index (χ4v) is 1.26. The minimum atomic E-state index is -0.0620.